The van der Waals surface area contributed by atoms with Crippen LogP contribution in [0.4, 0.5) is 0 Å². The lowest BCUT2D eigenvalue weighted by Gasteiger charge is -2.12. The van der Waals surface area contributed by atoms with E-state index in [1.807, 2.05) is 38.1 Å². The third kappa shape index (κ3) is 2.65. The number of para-hydroxylation sites is 2. The number of rotatable bonds is 4. The van der Waals surface area contributed by atoms with E-state index in [4.69, 9.17) is 4.74 Å². The van der Waals surface area contributed by atoms with E-state index in [2.05, 4.69) is 0 Å². The zero-order valence-corrected chi connectivity index (χ0v) is 11.2. The van der Waals surface area contributed by atoms with Crippen LogP contribution < -0.4 is 4.74 Å². The second kappa shape index (κ2) is 5.65. The number of phenols is 2. The van der Waals surface area contributed by atoms with Crippen LogP contribution in [0.3, 0.4) is 0 Å². The van der Waals surface area contributed by atoms with Crippen molar-refractivity contribution in [3.63, 3.8) is 0 Å². The van der Waals surface area contributed by atoms with Crippen molar-refractivity contribution >= 4 is 0 Å². The molecule has 3 heteroatoms. The maximum absolute atomic E-state index is 10.1. The van der Waals surface area contributed by atoms with Crippen LogP contribution in [-0.2, 0) is 12.8 Å². The zero-order chi connectivity index (χ0) is 13.8. The standard InChI is InChI=1S/C16H18O3/c1-3-11-7-5-9-13(15(11)17)19-14-10-6-8-12(4-2)16(14)18/h5-10,17-18H,3-4H2,1-2H3. The van der Waals surface area contributed by atoms with Crippen molar-refractivity contribution in [3.05, 3.63) is 47.5 Å². The quantitative estimate of drug-likeness (QED) is 0.871. The minimum absolute atomic E-state index is 0.131. The molecule has 0 amide bonds. The van der Waals surface area contributed by atoms with Crippen LogP contribution in [-0.4, -0.2) is 10.2 Å². The van der Waals surface area contributed by atoms with Gasteiger partial charge in [-0.25, -0.2) is 0 Å². The molecular weight excluding hydrogens is 240 g/mol. The van der Waals surface area contributed by atoms with E-state index in [0.717, 1.165) is 24.0 Å². The fourth-order valence-electron chi connectivity index (χ4n) is 1.99. The number of phenolic OH excluding ortho intramolecular Hbond substituents is 2. The maximum Gasteiger partial charge on any atom is 0.169 e. The van der Waals surface area contributed by atoms with Crippen molar-refractivity contribution in [1.82, 2.24) is 0 Å². The largest absolute Gasteiger partial charge is 0.504 e. The average Bonchev–Trinajstić information content (AvgIpc) is 2.43. The van der Waals surface area contributed by atoms with E-state index in [9.17, 15) is 10.2 Å². The summed E-state index contributed by atoms with van der Waals surface area (Å²) < 4.78 is 5.62. The Kier molecular flexibility index (Phi) is 3.95. The Morgan fingerprint density at radius 1 is 0.789 bits per heavy atom. The highest BCUT2D eigenvalue weighted by molar-refractivity contribution is 5.51. The van der Waals surface area contributed by atoms with Crippen molar-refractivity contribution < 1.29 is 14.9 Å². The Balaban J connectivity index is 2.36. The molecule has 0 fully saturated rings. The normalized spacial score (nSPS) is 10.4. The molecule has 3 nitrogen and oxygen atoms in total. The van der Waals surface area contributed by atoms with E-state index in [0.29, 0.717) is 11.5 Å². The average molecular weight is 258 g/mol. The van der Waals surface area contributed by atoms with Crippen LogP contribution >= 0.6 is 0 Å². The van der Waals surface area contributed by atoms with Gasteiger partial charge in [0.25, 0.3) is 0 Å². The highest BCUT2D eigenvalue weighted by Crippen LogP contribution is 2.38. The van der Waals surface area contributed by atoms with Crippen LogP contribution in [0.25, 0.3) is 0 Å². The molecule has 2 N–H and O–H groups in total. The molecule has 2 aromatic carbocycles. The minimum Gasteiger partial charge on any atom is -0.504 e. The van der Waals surface area contributed by atoms with Gasteiger partial charge in [0.1, 0.15) is 0 Å². The molecule has 0 aliphatic rings. The molecule has 19 heavy (non-hydrogen) atoms. The Labute approximate surface area is 113 Å². The molecule has 0 saturated carbocycles. The maximum atomic E-state index is 10.1. The van der Waals surface area contributed by atoms with Crippen LogP contribution in [0.1, 0.15) is 25.0 Å². The molecule has 100 valence electrons. The van der Waals surface area contributed by atoms with Gasteiger partial charge in [-0.05, 0) is 36.1 Å². The monoisotopic (exact) mass is 258 g/mol. The first-order chi connectivity index (χ1) is 9.17. The van der Waals surface area contributed by atoms with Gasteiger partial charge in [0, 0.05) is 0 Å². The smallest absolute Gasteiger partial charge is 0.169 e. The Hall–Kier alpha value is -2.16. The Morgan fingerprint density at radius 3 is 1.58 bits per heavy atom. The highest BCUT2D eigenvalue weighted by Gasteiger charge is 2.11. The van der Waals surface area contributed by atoms with Gasteiger partial charge in [-0.3, -0.25) is 0 Å². The number of aromatic hydroxyl groups is 2. The molecule has 2 rings (SSSR count). The Morgan fingerprint density at radius 2 is 1.21 bits per heavy atom. The summed E-state index contributed by atoms with van der Waals surface area (Å²) >= 11 is 0. The lowest BCUT2D eigenvalue weighted by Crippen LogP contribution is -1.91. The van der Waals surface area contributed by atoms with Gasteiger partial charge in [-0.1, -0.05) is 38.1 Å². The van der Waals surface area contributed by atoms with E-state index < -0.39 is 0 Å². The van der Waals surface area contributed by atoms with Crippen LogP contribution in [0.15, 0.2) is 36.4 Å². The molecule has 0 aliphatic heterocycles. The summed E-state index contributed by atoms with van der Waals surface area (Å²) in [4.78, 5) is 0. The van der Waals surface area contributed by atoms with Gasteiger partial charge in [0.2, 0.25) is 0 Å². The van der Waals surface area contributed by atoms with Gasteiger partial charge < -0.3 is 14.9 Å². The van der Waals surface area contributed by atoms with E-state index in [1.165, 1.54) is 0 Å². The van der Waals surface area contributed by atoms with Gasteiger partial charge in [-0.15, -0.1) is 0 Å². The zero-order valence-electron chi connectivity index (χ0n) is 11.2. The van der Waals surface area contributed by atoms with Gasteiger partial charge in [0.05, 0.1) is 0 Å². The SMILES string of the molecule is CCc1cccc(Oc2cccc(CC)c2O)c1O. The van der Waals surface area contributed by atoms with E-state index >= 15 is 0 Å². The fourth-order valence-corrected chi connectivity index (χ4v) is 1.99. The first-order valence-corrected chi connectivity index (χ1v) is 6.46. The summed E-state index contributed by atoms with van der Waals surface area (Å²) in [6.07, 6.45) is 1.45. The van der Waals surface area contributed by atoms with Crippen molar-refractivity contribution in [1.29, 1.82) is 0 Å². The summed E-state index contributed by atoms with van der Waals surface area (Å²) in [5.74, 6) is 0.989. The number of aryl methyl sites for hydroxylation is 2. The van der Waals surface area contributed by atoms with Gasteiger partial charge >= 0.3 is 0 Å². The third-order valence-electron chi connectivity index (χ3n) is 3.15. The minimum atomic E-state index is 0.131. The predicted molar refractivity (Wildman–Crippen MR) is 75.0 cm³/mol. The second-order valence-electron chi connectivity index (χ2n) is 4.34. The number of hydrogen-bond donors (Lipinski definition) is 2. The number of benzene rings is 2. The first kappa shape index (κ1) is 13.3. The van der Waals surface area contributed by atoms with Crippen LogP contribution in [0, 0.1) is 0 Å². The summed E-state index contributed by atoms with van der Waals surface area (Å²) in [5, 5.41) is 20.1. The molecule has 2 aromatic rings. The molecule has 0 spiro atoms. The van der Waals surface area contributed by atoms with Crippen molar-refractivity contribution in [3.8, 4) is 23.0 Å². The lowest BCUT2D eigenvalue weighted by molar-refractivity contribution is 0.381. The molecule has 0 unspecified atom stereocenters. The van der Waals surface area contributed by atoms with Crippen molar-refractivity contribution in [2.45, 2.75) is 26.7 Å². The summed E-state index contributed by atoms with van der Waals surface area (Å²) in [7, 11) is 0. The molecular formula is C16H18O3. The predicted octanol–water partition coefficient (Wildman–Crippen LogP) is 4.01. The molecule has 0 heterocycles. The molecule has 0 atom stereocenters. The lowest BCUT2D eigenvalue weighted by atomic mass is 10.1. The van der Waals surface area contributed by atoms with Gasteiger partial charge in [-0.2, -0.15) is 0 Å². The highest BCUT2D eigenvalue weighted by atomic mass is 16.5. The van der Waals surface area contributed by atoms with Crippen molar-refractivity contribution in [2.24, 2.45) is 0 Å². The number of ether oxygens (including phenoxy) is 1. The van der Waals surface area contributed by atoms with E-state index in [1.54, 1.807) is 12.1 Å². The molecule has 0 radical (unpaired) electrons. The molecule has 0 saturated heterocycles. The molecule has 0 aliphatic carbocycles. The Bertz CT molecular complexity index is 525. The van der Waals surface area contributed by atoms with Crippen molar-refractivity contribution in [2.75, 3.05) is 0 Å². The van der Waals surface area contributed by atoms with Gasteiger partial charge in [0.15, 0.2) is 23.0 Å². The summed E-state index contributed by atoms with van der Waals surface area (Å²) in [6, 6.07) is 10.7. The fraction of sp³-hybridized carbons (Fsp3) is 0.250. The molecule has 0 aromatic heterocycles. The molecule has 0 bridgehead atoms. The van der Waals surface area contributed by atoms with E-state index in [-0.39, 0.29) is 11.5 Å². The number of hydrogen-bond acceptors (Lipinski definition) is 3. The van der Waals surface area contributed by atoms with Crippen LogP contribution in [0.2, 0.25) is 0 Å². The van der Waals surface area contributed by atoms with Crippen LogP contribution in [0.5, 0.6) is 23.0 Å². The second-order valence-corrected chi connectivity index (χ2v) is 4.34. The summed E-state index contributed by atoms with van der Waals surface area (Å²) in [5.41, 5.74) is 1.65. The third-order valence-corrected chi connectivity index (χ3v) is 3.15. The topological polar surface area (TPSA) is 49.7 Å². The summed E-state index contributed by atoms with van der Waals surface area (Å²) in [6.45, 7) is 3.93. The first-order valence-electron chi connectivity index (χ1n) is 6.46.